The van der Waals surface area contributed by atoms with Crippen molar-refractivity contribution in [1.29, 1.82) is 0 Å². The molecule has 0 aliphatic carbocycles. The highest BCUT2D eigenvalue weighted by atomic mass is 32.2. The number of rotatable bonds is 9. The average Bonchev–Trinajstić information content (AvgIpc) is 3.28. The van der Waals surface area contributed by atoms with Gasteiger partial charge in [0.1, 0.15) is 4.21 Å². The van der Waals surface area contributed by atoms with Crippen LogP contribution in [0.3, 0.4) is 0 Å². The third-order valence-corrected chi connectivity index (χ3v) is 9.13. The summed E-state index contributed by atoms with van der Waals surface area (Å²) in [5.41, 5.74) is 1.14. The van der Waals surface area contributed by atoms with Crippen LogP contribution in [0.2, 0.25) is 0 Å². The molecule has 3 aliphatic heterocycles. The van der Waals surface area contributed by atoms with Gasteiger partial charge < -0.3 is 4.90 Å². The van der Waals surface area contributed by atoms with E-state index < -0.39 is 10.0 Å². The lowest BCUT2D eigenvalue weighted by Crippen LogP contribution is -2.58. The van der Waals surface area contributed by atoms with Crippen molar-refractivity contribution in [2.75, 3.05) is 39.8 Å². The van der Waals surface area contributed by atoms with Crippen LogP contribution >= 0.6 is 11.3 Å². The van der Waals surface area contributed by atoms with E-state index in [1.54, 1.807) is 17.5 Å². The maximum absolute atomic E-state index is 12.4. The maximum atomic E-state index is 12.4. The Kier molecular flexibility index (Phi) is 6.66. The zero-order valence-corrected chi connectivity index (χ0v) is 18.5. The number of nitrogens with zero attached hydrogens (tertiary/aromatic N) is 3. The number of hydrogen-bond donors (Lipinski definition) is 1. The van der Waals surface area contributed by atoms with Crippen LogP contribution in [0.25, 0.3) is 0 Å². The molecule has 0 saturated carbocycles. The first-order valence-corrected chi connectivity index (χ1v) is 12.7. The summed E-state index contributed by atoms with van der Waals surface area (Å²) in [4.78, 5) is 9.33. The quantitative estimate of drug-likeness (QED) is 0.656. The Morgan fingerprint density at radius 3 is 2.90 bits per heavy atom. The Labute approximate surface area is 178 Å². The van der Waals surface area contributed by atoms with Crippen LogP contribution in [0.4, 0.5) is 0 Å². The summed E-state index contributed by atoms with van der Waals surface area (Å²) >= 11 is 1.27. The van der Waals surface area contributed by atoms with Crippen LogP contribution in [-0.2, 0) is 16.4 Å². The minimum atomic E-state index is -3.37. The van der Waals surface area contributed by atoms with E-state index in [1.807, 2.05) is 18.3 Å². The molecule has 0 amide bonds. The lowest BCUT2D eigenvalue weighted by molar-refractivity contribution is -0.00735. The van der Waals surface area contributed by atoms with Gasteiger partial charge in [0.2, 0.25) is 10.0 Å². The molecule has 1 unspecified atom stereocenters. The van der Waals surface area contributed by atoms with Crippen molar-refractivity contribution in [3.05, 3.63) is 47.6 Å². The molecule has 8 heteroatoms. The summed E-state index contributed by atoms with van der Waals surface area (Å²) in [7, 11) is -1.17. The minimum absolute atomic E-state index is 0.318. The normalized spacial score (nSPS) is 26.8. The van der Waals surface area contributed by atoms with E-state index in [9.17, 15) is 8.42 Å². The molecule has 0 aromatic carbocycles. The predicted octanol–water partition coefficient (Wildman–Crippen LogP) is 2.31. The monoisotopic (exact) mass is 434 g/mol. The number of nitrogens with one attached hydrogen (secondary N) is 1. The van der Waals surface area contributed by atoms with Crippen LogP contribution in [0.1, 0.15) is 18.5 Å². The lowest BCUT2D eigenvalue weighted by atomic mass is 9.75. The lowest BCUT2D eigenvalue weighted by Gasteiger charge is -2.50. The summed E-state index contributed by atoms with van der Waals surface area (Å²) in [5, 5.41) is 1.80. The summed E-state index contributed by atoms with van der Waals surface area (Å²) in [6, 6.07) is 9.85. The zero-order valence-electron chi connectivity index (χ0n) is 16.9. The molecule has 29 heavy (non-hydrogen) atoms. The number of fused-ring (bicyclic) bond motifs is 3. The molecule has 2 aromatic rings. The van der Waals surface area contributed by atoms with Gasteiger partial charge in [-0.25, -0.2) is 13.1 Å². The number of sulfonamides is 1. The first-order chi connectivity index (χ1) is 14.0. The van der Waals surface area contributed by atoms with Gasteiger partial charge in [-0.05, 0) is 61.8 Å². The third kappa shape index (κ3) is 5.24. The highest BCUT2D eigenvalue weighted by Crippen LogP contribution is 2.36. The Bertz CT molecular complexity index is 873. The molecule has 3 saturated heterocycles. The number of likely N-dealkylation sites (N-methyl/N-ethyl adjacent to an activating group) is 1. The van der Waals surface area contributed by atoms with Crippen molar-refractivity contribution in [1.82, 2.24) is 19.5 Å². The van der Waals surface area contributed by atoms with Gasteiger partial charge in [-0.1, -0.05) is 12.1 Å². The smallest absolute Gasteiger partial charge is 0.250 e. The molecule has 5 heterocycles. The number of hydrogen-bond acceptors (Lipinski definition) is 6. The average molecular weight is 435 g/mol. The van der Waals surface area contributed by atoms with E-state index in [1.165, 1.54) is 17.8 Å². The van der Waals surface area contributed by atoms with Crippen LogP contribution in [0.5, 0.6) is 0 Å². The van der Waals surface area contributed by atoms with Crippen molar-refractivity contribution in [3.63, 3.8) is 0 Å². The van der Waals surface area contributed by atoms with Crippen LogP contribution in [0, 0.1) is 11.8 Å². The zero-order chi connectivity index (χ0) is 20.3. The second-order valence-corrected chi connectivity index (χ2v) is 11.3. The summed E-state index contributed by atoms with van der Waals surface area (Å²) in [5.74, 6) is 1.36. The van der Waals surface area contributed by atoms with E-state index in [-0.39, 0.29) is 0 Å². The second kappa shape index (κ2) is 9.22. The van der Waals surface area contributed by atoms with Gasteiger partial charge in [0.05, 0.1) is 0 Å². The molecule has 0 radical (unpaired) electrons. The molecule has 158 valence electrons. The van der Waals surface area contributed by atoms with Crippen molar-refractivity contribution in [2.24, 2.45) is 11.8 Å². The minimum Gasteiger partial charge on any atom is -0.306 e. The highest BCUT2D eigenvalue weighted by molar-refractivity contribution is 7.91. The fourth-order valence-corrected chi connectivity index (χ4v) is 6.82. The predicted molar refractivity (Wildman–Crippen MR) is 117 cm³/mol. The number of piperidine rings is 3. The Morgan fingerprint density at radius 1 is 1.31 bits per heavy atom. The van der Waals surface area contributed by atoms with Crippen LogP contribution < -0.4 is 4.72 Å². The molecule has 3 aliphatic rings. The van der Waals surface area contributed by atoms with Crippen molar-refractivity contribution >= 4 is 21.4 Å². The Hall–Kier alpha value is -1.32. The molecule has 2 bridgehead atoms. The SMILES string of the molecule is CN(CCc1ccccn1)C[C@H]1CN2CC[C@H]1C[C@@H]2CNS(=O)(=O)c1cccs1. The van der Waals surface area contributed by atoms with E-state index in [2.05, 4.69) is 32.6 Å². The second-order valence-electron chi connectivity index (χ2n) is 8.31. The number of aromatic nitrogens is 1. The topological polar surface area (TPSA) is 65.5 Å². The van der Waals surface area contributed by atoms with Crippen molar-refractivity contribution < 1.29 is 8.42 Å². The number of thiophene rings is 1. The third-order valence-electron chi connectivity index (χ3n) is 6.30. The summed E-state index contributed by atoms with van der Waals surface area (Å²) < 4.78 is 28.1. The molecule has 3 fully saturated rings. The van der Waals surface area contributed by atoms with E-state index in [4.69, 9.17) is 0 Å². The van der Waals surface area contributed by atoms with Gasteiger partial charge in [0.15, 0.2) is 0 Å². The largest absolute Gasteiger partial charge is 0.306 e. The molecular formula is C21H30N4O2S2. The Morgan fingerprint density at radius 2 is 2.21 bits per heavy atom. The van der Waals surface area contributed by atoms with Gasteiger partial charge in [-0.15, -0.1) is 11.3 Å². The van der Waals surface area contributed by atoms with Gasteiger partial charge in [0, 0.05) is 50.5 Å². The van der Waals surface area contributed by atoms with Crippen molar-refractivity contribution in [2.45, 2.75) is 29.5 Å². The van der Waals surface area contributed by atoms with Crippen LogP contribution in [-0.4, -0.2) is 69.0 Å². The molecule has 1 N–H and O–H groups in total. The molecular weight excluding hydrogens is 404 g/mol. The standard InChI is InChI=1S/C21H30N4O2S2/c1-24(10-8-19-5-2-3-9-22-19)15-18-16-25-11-7-17(18)13-20(25)14-23-29(26,27)21-6-4-12-28-21/h2-6,9,12,17-18,20,23H,7-8,10-11,13-16H2,1H3/t17-,18-,20+/m0/s1. The number of pyridine rings is 1. The van der Waals surface area contributed by atoms with Gasteiger partial charge in [0.25, 0.3) is 0 Å². The van der Waals surface area contributed by atoms with E-state index >= 15 is 0 Å². The summed E-state index contributed by atoms with van der Waals surface area (Å²) in [6.45, 7) is 4.79. The fourth-order valence-electron chi connectivity index (χ4n) is 4.71. The van der Waals surface area contributed by atoms with Gasteiger partial charge in [-0.3, -0.25) is 9.88 Å². The fraction of sp³-hybridized carbons (Fsp3) is 0.571. The van der Waals surface area contributed by atoms with Gasteiger partial charge in [-0.2, -0.15) is 0 Å². The maximum Gasteiger partial charge on any atom is 0.250 e. The van der Waals surface area contributed by atoms with Crippen molar-refractivity contribution in [3.8, 4) is 0 Å². The highest BCUT2D eigenvalue weighted by Gasteiger charge is 2.40. The first-order valence-electron chi connectivity index (χ1n) is 10.4. The summed E-state index contributed by atoms with van der Waals surface area (Å²) in [6.07, 6.45) is 5.15. The Balaban J connectivity index is 1.25. The molecule has 2 aromatic heterocycles. The molecule has 0 spiro atoms. The molecule has 5 rings (SSSR count). The molecule has 4 atom stereocenters. The van der Waals surface area contributed by atoms with E-state index in [0.717, 1.165) is 44.7 Å². The van der Waals surface area contributed by atoms with E-state index in [0.29, 0.717) is 28.6 Å². The molecule has 6 nitrogen and oxygen atoms in total. The first kappa shape index (κ1) is 20.9. The van der Waals surface area contributed by atoms with Crippen LogP contribution in [0.15, 0.2) is 46.1 Å². The van der Waals surface area contributed by atoms with Gasteiger partial charge >= 0.3 is 0 Å².